The van der Waals surface area contributed by atoms with Crippen molar-refractivity contribution in [3.8, 4) is 40.2 Å². The quantitative estimate of drug-likeness (QED) is 0.137. The van der Waals surface area contributed by atoms with Crippen molar-refractivity contribution in [1.82, 2.24) is 30.9 Å². The van der Waals surface area contributed by atoms with E-state index in [-0.39, 0.29) is 29.9 Å². The maximum Gasteiger partial charge on any atom is 0.421 e. The number of hydrogen-bond donors (Lipinski definition) is 3. The van der Waals surface area contributed by atoms with Gasteiger partial charge < -0.3 is 34.9 Å². The van der Waals surface area contributed by atoms with E-state index in [1.807, 2.05) is 30.3 Å². The number of halogens is 4. The minimum atomic E-state index is -4.74. The molecule has 1 aromatic carbocycles. The number of nitrogens with zero attached hydrogens (tertiary/aromatic N) is 3. The highest BCUT2D eigenvalue weighted by atomic mass is 35.5. The van der Waals surface area contributed by atoms with Crippen LogP contribution in [0.5, 0.6) is 17.6 Å². The summed E-state index contributed by atoms with van der Waals surface area (Å²) < 4.78 is 66.0. The van der Waals surface area contributed by atoms with Crippen molar-refractivity contribution in [2.24, 2.45) is 0 Å². The molecule has 2 aliphatic heterocycles. The molecule has 3 aliphatic rings. The molecule has 2 saturated heterocycles. The molecule has 0 radical (unpaired) electrons. The van der Waals surface area contributed by atoms with Crippen molar-refractivity contribution < 1.29 is 36.9 Å². The number of pyridine rings is 3. The van der Waals surface area contributed by atoms with Gasteiger partial charge in [-0.25, -0.2) is 4.98 Å². The summed E-state index contributed by atoms with van der Waals surface area (Å²) in [5.74, 6) is -0.0768. The predicted octanol–water partition coefficient (Wildman–Crippen LogP) is 6.60. The SMILES string of the molecule is COc1nc(-c2ccnc(-c3cccc4c3CC[C@H]4Oc3nc(OC)c(CNC[C@H]4CCC(=O)N4)cc3C(F)(F)F)c2Cl)ccc1CNC1CCOCC1. The summed E-state index contributed by atoms with van der Waals surface area (Å²) in [6, 6.07) is 12.6. The molecule has 2 fully saturated rings. The van der Waals surface area contributed by atoms with Crippen LogP contribution in [0, 0.1) is 0 Å². The number of fused-ring (bicyclic) bond motifs is 1. The molecule has 54 heavy (non-hydrogen) atoms. The van der Waals surface area contributed by atoms with E-state index >= 15 is 0 Å². The first-order valence-corrected chi connectivity index (χ1v) is 18.4. The van der Waals surface area contributed by atoms with E-state index in [1.54, 1.807) is 19.4 Å². The van der Waals surface area contributed by atoms with Gasteiger partial charge in [0.25, 0.3) is 0 Å². The topological polar surface area (TPSA) is 129 Å². The molecule has 5 heterocycles. The van der Waals surface area contributed by atoms with E-state index in [0.717, 1.165) is 54.4 Å². The third-order valence-electron chi connectivity index (χ3n) is 10.1. The molecule has 4 aromatic rings. The molecule has 11 nitrogen and oxygen atoms in total. The first kappa shape index (κ1) is 37.8. The van der Waals surface area contributed by atoms with Crippen LogP contribution >= 0.6 is 11.6 Å². The highest BCUT2D eigenvalue weighted by molar-refractivity contribution is 6.35. The number of methoxy groups -OCH3 is 2. The average molecular weight is 767 g/mol. The Balaban J connectivity index is 1.12. The lowest BCUT2D eigenvalue weighted by molar-refractivity contribution is -0.139. The number of nitrogens with one attached hydrogen (secondary N) is 3. The van der Waals surface area contributed by atoms with E-state index in [4.69, 9.17) is 35.5 Å². The zero-order chi connectivity index (χ0) is 37.8. The minimum absolute atomic E-state index is 0.0228. The van der Waals surface area contributed by atoms with Gasteiger partial charge in [0.05, 0.1) is 30.6 Å². The van der Waals surface area contributed by atoms with Gasteiger partial charge in [0.2, 0.25) is 23.5 Å². The van der Waals surface area contributed by atoms with Crippen LogP contribution in [0.3, 0.4) is 0 Å². The summed E-state index contributed by atoms with van der Waals surface area (Å²) in [5.41, 5.74) is 4.35. The lowest BCUT2D eigenvalue weighted by atomic mass is 9.98. The molecule has 3 N–H and O–H groups in total. The summed E-state index contributed by atoms with van der Waals surface area (Å²) in [4.78, 5) is 25.2. The van der Waals surface area contributed by atoms with Gasteiger partial charge in [-0.2, -0.15) is 18.2 Å². The maximum absolute atomic E-state index is 14.5. The second kappa shape index (κ2) is 16.5. The number of amides is 1. The lowest BCUT2D eigenvalue weighted by Gasteiger charge is -2.23. The Labute approximate surface area is 316 Å². The van der Waals surface area contributed by atoms with Crippen molar-refractivity contribution in [3.63, 3.8) is 0 Å². The number of carbonyl (C=O) groups excluding carboxylic acids is 1. The first-order valence-electron chi connectivity index (χ1n) is 18.1. The Hall–Kier alpha value is -4.50. The van der Waals surface area contributed by atoms with Crippen LogP contribution in [0.1, 0.15) is 66.0 Å². The fourth-order valence-corrected chi connectivity index (χ4v) is 7.65. The molecule has 2 atom stereocenters. The molecule has 1 amide bonds. The van der Waals surface area contributed by atoms with Gasteiger partial charge in [-0.3, -0.25) is 9.78 Å². The number of hydrogen-bond acceptors (Lipinski definition) is 10. The second-order valence-electron chi connectivity index (χ2n) is 13.6. The fraction of sp³-hybridized carbons (Fsp3) is 0.436. The highest BCUT2D eigenvalue weighted by Gasteiger charge is 2.39. The van der Waals surface area contributed by atoms with Crippen molar-refractivity contribution in [1.29, 1.82) is 0 Å². The zero-order valence-corrected chi connectivity index (χ0v) is 30.8. The average Bonchev–Trinajstić information content (AvgIpc) is 3.79. The number of rotatable bonds is 13. The molecule has 7 rings (SSSR count). The zero-order valence-electron chi connectivity index (χ0n) is 30.0. The number of benzene rings is 1. The summed E-state index contributed by atoms with van der Waals surface area (Å²) in [6.07, 6.45) is 0.172. The van der Waals surface area contributed by atoms with Crippen LogP contribution < -0.4 is 30.2 Å². The molecule has 286 valence electrons. The van der Waals surface area contributed by atoms with E-state index in [2.05, 4.69) is 25.9 Å². The number of aromatic nitrogens is 3. The molecule has 0 bridgehead atoms. The molecule has 1 aliphatic carbocycles. The van der Waals surface area contributed by atoms with Gasteiger partial charge in [-0.15, -0.1) is 0 Å². The summed E-state index contributed by atoms with van der Waals surface area (Å²) in [7, 11) is 2.94. The number of alkyl halides is 3. The van der Waals surface area contributed by atoms with Crippen LogP contribution in [0.4, 0.5) is 13.2 Å². The van der Waals surface area contributed by atoms with Gasteiger partial charge in [-0.05, 0) is 61.4 Å². The van der Waals surface area contributed by atoms with E-state index in [0.29, 0.717) is 72.7 Å². The second-order valence-corrected chi connectivity index (χ2v) is 14.0. The largest absolute Gasteiger partial charge is 0.481 e. The van der Waals surface area contributed by atoms with Crippen LogP contribution in [0.25, 0.3) is 22.5 Å². The maximum atomic E-state index is 14.5. The Kier molecular flexibility index (Phi) is 11.5. The van der Waals surface area contributed by atoms with Crippen molar-refractivity contribution in [2.45, 2.75) is 76.0 Å². The monoisotopic (exact) mass is 766 g/mol. The molecule has 3 aromatic heterocycles. The van der Waals surface area contributed by atoms with Crippen LogP contribution in [0.15, 0.2) is 48.7 Å². The van der Waals surface area contributed by atoms with Gasteiger partial charge in [-0.1, -0.05) is 35.9 Å². The fourth-order valence-electron chi connectivity index (χ4n) is 7.34. The smallest absolute Gasteiger partial charge is 0.421 e. The van der Waals surface area contributed by atoms with E-state index < -0.39 is 23.7 Å². The van der Waals surface area contributed by atoms with Gasteiger partial charge in [0, 0.05) is 79.8 Å². The number of carbonyl (C=O) groups is 1. The number of ether oxygens (including phenoxy) is 4. The normalized spacial score (nSPS) is 18.7. The highest BCUT2D eigenvalue weighted by Crippen LogP contribution is 2.45. The van der Waals surface area contributed by atoms with E-state index in [1.165, 1.54) is 7.11 Å². The Morgan fingerprint density at radius 2 is 1.72 bits per heavy atom. The molecule has 15 heteroatoms. The van der Waals surface area contributed by atoms with Crippen LogP contribution in [0.2, 0.25) is 5.02 Å². The van der Waals surface area contributed by atoms with Gasteiger partial charge in [0.15, 0.2) is 0 Å². The first-order chi connectivity index (χ1) is 26.1. The Bertz CT molecular complexity index is 1990. The van der Waals surface area contributed by atoms with Gasteiger partial charge in [0.1, 0.15) is 11.7 Å². The van der Waals surface area contributed by atoms with Crippen LogP contribution in [-0.4, -0.2) is 66.9 Å². The minimum Gasteiger partial charge on any atom is -0.481 e. The third kappa shape index (κ3) is 8.26. The van der Waals surface area contributed by atoms with E-state index in [9.17, 15) is 18.0 Å². The Morgan fingerprint density at radius 1 is 0.926 bits per heavy atom. The predicted molar refractivity (Wildman–Crippen MR) is 195 cm³/mol. The van der Waals surface area contributed by atoms with Crippen molar-refractivity contribution >= 4 is 17.5 Å². The van der Waals surface area contributed by atoms with Crippen molar-refractivity contribution in [2.75, 3.05) is 34.0 Å². The molecule has 0 unspecified atom stereocenters. The molecule has 0 saturated carbocycles. The molecular formula is C39H42ClF3N6O5. The summed E-state index contributed by atoms with van der Waals surface area (Å²) >= 11 is 7.07. The standard InChI is InChI=1S/C39H42ClF3N6O5/c1-51-36-22(20-46-24-13-16-53-17-14-24)6-9-31(48-36)29-12-15-45-35(34(29)40)28-5-3-4-27-26(28)8-10-32(27)54-38-30(39(41,42)43)18-23(37(49-38)52-2)19-44-21-25-7-11-33(50)47-25/h3-6,9,12,15,18,24-25,32,44,46H,7-8,10-11,13-14,16-17,19-21H2,1-2H3,(H,47,50)/t25-,32-/m1/s1. The van der Waals surface area contributed by atoms with Crippen molar-refractivity contribution in [3.05, 3.63) is 81.5 Å². The summed E-state index contributed by atoms with van der Waals surface area (Å²) in [5, 5.41) is 9.91. The lowest BCUT2D eigenvalue weighted by Crippen LogP contribution is -2.35. The molecule has 0 spiro atoms. The third-order valence-corrected chi connectivity index (χ3v) is 10.5. The van der Waals surface area contributed by atoms with Crippen LogP contribution in [-0.2, 0) is 35.2 Å². The summed E-state index contributed by atoms with van der Waals surface area (Å²) in [6.45, 7) is 2.57. The van der Waals surface area contributed by atoms with Gasteiger partial charge >= 0.3 is 6.18 Å². The molecular weight excluding hydrogens is 725 g/mol. The Morgan fingerprint density at radius 3 is 2.46 bits per heavy atom.